The number of piperazine rings is 1. The van der Waals surface area contributed by atoms with Crippen molar-refractivity contribution in [1.82, 2.24) is 10.2 Å². The van der Waals surface area contributed by atoms with Crippen LogP contribution in [0, 0.1) is 0 Å². The molecule has 2 aromatic rings. The Labute approximate surface area is 171 Å². The van der Waals surface area contributed by atoms with Gasteiger partial charge in [-0.2, -0.15) is 0 Å². The number of nitrogens with one attached hydrogen (secondary N) is 1. The van der Waals surface area contributed by atoms with Crippen LogP contribution in [0.25, 0.3) is 0 Å². The van der Waals surface area contributed by atoms with Gasteiger partial charge in [0.2, 0.25) is 11.8 Å². The van der Waals surface area contributed by atoms with Crippen LogP contribution in [-0.2, 0) is 22.6 Å². The Kier molecular flexibility index (Phi) is 6.28. The molecule has 28 heavy (non-hydrogen) atoms. The van der Waals surface area contributed by atoms with Crippen LogP contribution in [0.15, 0.2) is 39.4 Å². The Morgan fingerprint density at radius 2 is 1.96 bits per heavy atom. The second-order valence-electron chi connectivity index (χ2n) is 6.92. The molecule has 1 aromatic carbocycles. The minimum absolute atomic E-state index is 0.145. The number of aromatic hydroxyl groups is 2. The molecule has 7 nitrogen and oxygen atoms in total. The van der Waals surface area contributed by atoms with Crippen LogP contribution in [0.5, 0.6) is 11.5 Å². The number of hydrogen-bond donors (Lipinski definition) is 3. The van der Waals surface area contributed by atoms with E-state index in [1.54, 1.807) is 18.2 Å². The summed E-state index contributed by atoms with van der Waals surface area (Å²) in [6.07, 6.45) is 2.58. The summed E-state index contributed by atoms with van der Waals surface area (Å²) in [6, 6.07) is 6.61. The molecule has 1 aliphatic heterocycles. The number of benzene rings is 1. The molecule has 1 fully saturated rings. The van der Waals surface area contributed by atoms with Gasteiger partial charge in [-0.3, -0.25) is 9.59 Å². The zero-order valence-electron chi connectivity index (χ0n) is 15.5. The van der Waals surface area contributed by atoms with Crippen LogP contribution in [-0.4, -0.2) is 39.0 Å². The average molecular weight is 451 g/mol. The molecule has 3 N–H and O–H groups in total. The third-order valence-corrected chi connectivity index (χ3v) is 5.27. The number of unbranched alkanes of at least 4 members (excludes halogenated alkanes) is 1. The van der Waals surface area contributed by atoms with E-state index in [1.165, 1.54) is 17.0 Å². The van der Waals surface area contributed by atoms with Gasteiger partial charge in [-0.15, -0.1) is 0 Å². The fourth-order valence-corrected chi connectivity index (χ4v) is 3.68. The fourth-order valence-electron chi connectivity index (χ4n) is 3.34. The minimum Gasteiger partial charge on any atom is -0.504 e. The van der Waals surface area contributed by atoms with Crippen molar-refractivity contribution in [2.75, 3.05) is 0 Å². The van der Waals surface area contributed by atoms with Crippen molar-refractivity contribution in [3.8, 4) is 11.5 Å². The SMILES string of the molecule is CCCCC1NC(=O)C(Cc2ccc(O)c(O)c2)N(Cc2ccc(Br)o2)C1=O. The van der Waals surface area contributed by atoms with Crippen molar-refractivity contribution in [2.24, 2.45) is 0 Å². The number of carbonyl (C=O) groups excluding carboxylic acids is 2. The summed E-state index contributed by atoms with van der Waals surface area (Å²) < 4.78 is 6.09. The first-order valence-corrected chi connectivity index (χ1v) is 10.0. The van der Waals surface area contributed by atoms with E-state index in [0.29, 0.717) is 22.4 Å². The summed E-state index contributed by atoms with van der Waals surface area (Å²) in [5.41, 5.74) is 0.640. The summed E-state index contributed by atoms with van der Waals surface area (Å²) >= 11 is 3.25. The number of amides is 2. The molecular formula is C20H23BrN2O5. The number of phenolic OH excluding ortho intramolecular Hbond substituents is 2. The first kappa shape index (κ1) is 20.3. The second kappa shape index (κ2) is 8.68. The maximum Gasteiger partial charge on any atom is 0.246 e. The summed E-state index contributed by atoms with van der Waals surface area (Å²) in [6.45, 7) is 2.21. The van der Waals surface area contributed by atoms with Gasteiger partial charge in [0.05, 0.1) is 6.54 Å². The van der Waals surface area contributed by atoms with E-state index >= 15 is 0 Å². The summed E-state index contributed by atoms with van der Waals surface area (Å²) in [5.74, 6) is -0.303. The lowest BCUT2D eigenvalue weighted by Crippen LogP contribution is -2.63. The standard InChI is InChI=1S/C20H23BrN2O5/c1-2-3-4-14-20(27)23(11-13-6-8-18(21)28-13)15(19(26)22-14)9-12-5-7-16(24)17(25)10-12/h5-8,10,14-15,24-25H,2-4,9,11H2,1H3,(H,22,26). The number of hydrogen-bond acceptors (Lipinski definition) is 5. The molecule has 1 aliphatic rings. The third kappa shape index (κ3) is 4.49. The predicted molar refractivity (Wildman–Crippen MR) is 106 cm³/mol. The van der Waals surface area contributed by atoms with Crippen molar-refractivity contribution in [2.45, 2.75) is 51.2 Å². The highest BCUT2D eigenvalue weighted by atomic mass is 79.9. The molecule has 0 saturated carbocycles. The topological polar surface area (TPSA) is 103 Å². The lowest BCUT2D eigenvalue weighted by molar-refractivity contribution is -0.150. The van der Waals surface area contributed by atoms with Crippen molar-refractivity contribution in [1.29, 1.82) is 0 Å². The molecule has 2 amide bonds. The highest BCUT2D eigenvalue weighted by Crippen LogP contribution is 2.28. The van der Waals surface area contributed by atoms with Gasteiger partial charge in [-0.1, -0.05) is 25.8 Å². The van der Waals surface area contributed by atoms with E-state index in [1.807, 2.05) is 6.92 Å². The summed E-state index contributed by atoms with van der Waals surface area (Å²) in [4.78, 5) is 27.4. The van der Waals surface area contributed by atoms with Crippen molar-refractivity contribution >= 4 is 27.7 Å². The summed E-state index contributed by atoms with van der Waals surface area (Å²) in [7, 11) is 0. The van der Waals surface area contributed by atoms with Crippen molar-refractivity contribution in [3.05, 3.63) is 46.3 Å². The maximum atomic E-state index is 13.1. The molecule has 0 aliphatic carbocycles. The Hall–Kier alpha value is -2.48. The zero-order chi connectivity index (χ0) is 20.3. The third-order valence-electron chi connectivity index (χ3n) is 4.85. The average Bonchev–Trinajstić information content (AvgIpc) is 3.07. The molecule has 2 unspecified atom stereocenters. The van der Waals surface area contributed by atoms with Crippen molar-refractivity contribution < 1.29 is 24.2 Å². The molecule has 1 aromatic heterocycles. The fraction of sp³-hybridized carbons (Fsp3) is 0.400. The van der Waals surface area contributed by atoms with E-state index < -0.39 is 12.1 Å². The minimum atomic E-state index is -0.738. The Bertz CT molecular complexity index is 866. The quantitative estimate of drug-likeness (QED) is 0.562. The lowest BCUT2D eigenvalue weighted by atomic mass is 9.97. The molecule has 0 spiro atoms. The molecule has 1 saturated heterocycles. The molecule has 3 rings (SSSR count). The zero-order valence-corrected chi connectivity index (χ0v) is 17.1. The van der Waals surface area contributed by atoms with Gasteiger partial charge in [-0.05, 0) is 52.2 Å². The number of nitrogens with zero attached hydrogens (tertiary/aromatic N) is 1. The number of halogens is 1. The lowest BCUT2D eigenvalue weighted by Gasteiger charge is -2.38. The largest absolute Gasteiger partial charge is 0.504 e. The Morgan fingerprint density at radius 1 is 1.18 bits per heavy atom. The summed E-state index contributed by atoms with van der Waals surface area (Å²) in [5, 5.41) is 22.1. The van der Waals surface area contributed by atoms with E-state index in [9.17, 15) is 19.8 Å². The first-order chi connectivity index (χ1) is 13.4. The molecule has 150 valence electrons. The number of rotatable bonds is 7. The number of furan rings is 1. The van der Waals surface area contributed by atoms with Crippen molar-refractivity contribution in [3.63, 3.8) is 0 Å². The van der Waals surface area contributed by atoms with Crippen LogP contribution in [0.3, 0.4) is 0 Å². The smallest absolute Gasteiger partial charge is 0.246 e. The van der Waals surface area contributed by atoms with Crippen LogP contribution >= 0.6 is 15.9 Å². The molecule has 0 radical (unpaired) electrons. The van der Waals surface area contributed by atoms with E-state index in [2.05, 4.69) is 21.2 Å². The molecule has 0 bridgehead atoms. The molecule has 8 heteroatoms. The highest BCUT2D eigenvalue weighted by molar-refractivity contribution is 9.10. The van der Waals surface area contributed by atoms with Gasteiger partial charge in [0.15, 0.2) is 16.2 Å². The van der Waals surface area contributed by atoms with Crippen LogP contribution in [0.1, 0.15) is 37.5 Å². The van der Waals surface area contributed by atoms with E-state index in [4.69, 9.17) is 4.42 Å². The molecular weight excluding hydrogens is 428 g/mol. The first-order valence-electron chi connectivity index (χ1n) is 9.25. The van der Waals surface area contributed by atoms with Crippen LogP contribution < -0.4 is 5.32 Å². The van der Waals surface area contributed by atoms with Gasteiger partial charge >= 0.3 is 0 Å². The monoisotopic (exact) mass is 450 g/mol. The highest BCUT2D eigenvalue weighted by Gasteiger charge is 2.40. The Morgan fingerprint density at radius 3 is 2.61 bits per heavy atom. The molecule has 2 heterocycles. The predicted octanol–water partition coefficient (Wildman–Crippen LogP) is 3.08. The molecule has 2 atom stereocenters. The van der Waals surface area contributed by atoms with Gasteiger partial charge in [0.25, 0.3) is 0 Å². The maximum absolute atomic E-state index is 13.1. The van der Waals surface area contributed by atoms with Gasteiger partial charge in [-0.25, -0.2) is 0 Å². The number of carbonyl (C=O) groups is 2. The van der Waals surface area contributed by atoms with Gasteiger partial charge in [0, 0.05) is 6.42 Å². The Balaban J connectivity index is 1.86. The number of phenols is 2. The van der Waals surface area contributed by atoms with E-state index in [0.717, 1.165) is 12.8 Å². The second-order valence-corrected chi connectivity index (χ2v) is 7.70. The van der Waals surface area contributed by atoms with E-state index in [-0.39, 0.29) is 36.3 Å². The van der Waals surface area contributed by atoms with Crippen LogP contribution in [0.2, 0.25) is 0 Å². The normalized spacial score (nSPS) is 19.7. The van der Waals surface area contributed by atoms with Gasteiger partial charge in [0.1, 0.15) is 17.8 Å². The van der Waals surface area contributed by atoms with Crippen LogP contribution in [0.4, 0.5) is 0 Å². The van der Waals surface area contributed by atoms with Gasteiger partial charge < -0.3 is 24.8 Å².